The summed E-state index contributed by atoms with van der Waals surface area (Å²) >= 11 is 1.78. The van der Waals surface area contributed by atoms with Crippen molar-refractivity contribution in [1.82, 2.24) is 4.90 Å². The Hall–Kier alpha value is -1.61. The van der Waals surface area contributed by atoms with Gasteiger partial charge in [-0.15, -0.1) is 11.3 Å². The summed E-state index contributed by atoms with van der Waals surface area (Å²) in [7, 11) is 0. The average Bonchev–Trinajstić information content (AvgIpc) is 3.29. The number of benzene rings is 1. The van der Waals surface area contributed by atoms with Crippen LogP contribution in [0, 0.1) is 0 Å². The first kappa shape index (κ1) is 17.2. The minimum Gasteiger partial charge on any atom is -0.335 e. The normalized spacial score (nSPS) is 14.1. The molecule has 1 fully saturated rings. The number of hydrogen-bond donors (Lipinski definition) is 0. The zero-order chi connectivity index (χ0) is 16.9. The summed E-state index contributed by atoms with van der Waals surface area (Å²) in [6.45, 7) is 5.19. The van der Waals surface area contributed by atoms with Crippen molar-refractivity contribution in [3.8, 4) is 0 Å². The Labute approximate surface area is 149 Å². The number of thiophene rings is 1. The maximum Gasteiger partial charge on any atom is 0.223 e. The van der Waals surface area contributed by atoms with Crippen molar-refractivity contribution in [2.45, 2.75) is 64.5 Å². The van der Waals surface area contributed by atoms with Gasteiger partial charge in [-0.2, -0.15) is 0 Å². The van der Waals surface area contributed by atoms with Crippen molar-refractivity contribution in [2.24, 2.45) is 0 Å². The summed E-state index contributed by atoms with van der Waals surface area (Å²) in [5, 5.41) is 2.11. The SMILES string of the molecule is CC(C)c1ccc(CN(C(=O)CCCc2cccs2)C2CC2)cc1. The van der Waals surface area contributed by atoms with Crippen LogP contribution in [0.1, 0.15) is 61.5 Å². The van der Waals surface area contributed by atoms with Gasteiger partial charge in [0.15, 0.2) is 0 Å². The predicted molar refractivity (Wildman–Crippen MR) is 101 cm³/mol. The largest absolute Gasteiger partial charge is 0.335 e. The van der Waals surface area contributed by atoms with Gasteiger partial charge in [0.05, 0.1) is 0 Å². The molecule has 2 nitrogen and oxygen atoms in total. The zero-order valence-corrected chi connectivity index (χ0v) is 15.5. The van der Waals surface area contributed by atoms with Gasteiger partial charge in [-0.1, -0.05) is 44.2 Å². The molecule has 128 valence electrons. The Balaban J connectivity index is 1.54. The molecule has 0 aliphatic heterocycles. The molecule has 3 rings (SSSR count). The molecule has 1 saturated carbocycles. The van der Waals surface area contributed by atoms with Crippen LogP contribution in [0.25, 0.3) is 0 Å². The molecule has 0 saturated heterocycles. The molecule has 2 aromatic rings. The third-order valence-electron chi connectivity index (χ3n) is 4.70. The summed E-state index contributed by atoms with van der Waals surface area (Å²) in [5.74, 6) is 0.875. The Bertz CT molecular complexity index is 641. The molecule has 1 aliphatic rings. The van der Waals surface area contributed by atoms with Crippen LogP contribution in [0.15, 0.2) is 41.8 Å². The average molecular weight is 342 g/mol. The first-order chi connectivity index (χ1) is 11.6. The van der Waals surface area contributed by atoms with E-state index < -0.39 is 0 Å². The summed E-state index contributed by atoms with van der Waals surface area (Å²) in [6.07, 6.45) is 4.97. The second-order valence-corrected chi connectivity index (χ2v) is 8.11. The fourth-order valence-electron chi connectivity index (χ4n) is 3.02. The molecular weight excluding hydrogens is 314 g/mol. The molecule has 0 bridgehead atoms. The van der Waals surface area contributed by atoms with Crippen LogP contribution in [-0.2, 0) is 17.8 Å². The lowest BCUT2D eigenvalue weighted by molar-refractivity contribution is -0.132. The van der Waals surface area contributed by atoms with Crippen molar-refractivity contribution in [2.75, 3.05) is 0 Å². The highest BCUT2D eigenvalue weighted by atomic mass is 32.1. The van der Waals surface area contributed by atoms with E-state index in [1.807, 2.05) is 0 Å². The Morgan fingerprint density at radius 3 is 2.54 bits per heavy atom. The van der Waals surface area contributed by atoms with Crippen LogP contribution < -0.4 is 0 Å². The van der Waals surface area contributed by atoms with Crippen LogP contribution >= 0.6 is 11.3 Å². The minimum atomic E-state index is 0.321. The fourth-order valence-corrected chi connectivity index (χ4v) is 3.78. The second-order valence-electron chi connectivity index (χ2n) is 7.08. The molecule has 1 aromatic carbocycles. The van der Waals surface area contributed by atoms with Crippen LogP contribution in [0.5, 0.6) is 0 Å². The van der Waals surface area contributed by atoms with E-state index in [4.69, 9.17) is 0 Å². The number of carbonyl (C=O) groups is 1. The van der Waals surface area contributed by atoms with Gasteiger partial charge < -0.3 is 4.90 Å². The molecule has 0 radical (unpaired) electrons. The number of hydrogen-bond acceptors (Lipinski definition) is 2. The second kappa shape index (κ2) is 7.98. The molecule has 1 heterocycles. The van der Waals surface area contributed by atoms with E-state index in [1.54, 1.807) is 11.3 Å². The topological polar surface area (TPSA) is 20.3 Å². The minimum absolute atomic E-state index is 0.321. The van der Waals surface area contributed by atoms with E-state index in [1.165, 1.54) is 28.8 Å². The maximum atomic E-state index is 12.7. The molecule has 24 heavy (non-hydrogen) atoms. The highest BCUT2D eigenvalue weighted by Crippen LogP contribution is 2.29. The number of aryl methyl sites for hydroxylation is 1. The third kappa shape index (κ3) is 4.70. The number of carbonyl (C=O) groups excluding carboxylic acids is 1. The van der Waals surface area contributed by atoms with E-state index >= 15 is 0 Å². The molecule has 0 unspecified atom stereocenters. The maximum absolute atomic E-state index is 12.7. The van der Waals surface area contributed by atoms with Crippen LogP contribution in [0.4, 0.5) is 0 Å². The summed E-state index contributed by atoms with van der Waals surface area (Å²) < 4.78 is 0. The van der Waals surface area contributed by atoms with Gasteiger partial charge in [-0.3, -0.25) is 4.79 Å². The van der Waals surface area contributed by atoms with Gasteiger partial charge in [0.1, 0.15) is 0 Å². The van der Waals surface area contributed by atoms with Crippen molar-refractivity contribution in [3.05, 3.63) is 57.8 Å². The van der Waals surface area contributed by atoms with Crippen LogP contribution in [0.3, 0.4) is 0 Å². The standard InChI is InChI=1S/C21H27NOS/c1-16(2)18-10-8-17(9-11-18)15-22(19-12-13-19)21(23)7-3-5-20-6-4-14-24-20/h4,6,8-11,14,16,19H,3,5,7,12-13,15H2,1-2H3. The van der Waals surface area contributed by atoms with Crippen molar-refractivity contribution >= 4 is 17.2 Å². The van der Waals surface area contributed by atoms with Crippen molar-refractivity contribution < 1.29 is 4.79 Å². The molecule has 0 spiro atoms. The first-order valence-electron chi connectivity index (χ1n) is 9.04. The quantitative estimate of drug-likeness (QED) is 0.631. The van der Waals surface area contributed by atoms with Gasteiger partial charge in [0.2, 0.25) is 5.91 Å². The Morgan fingerprint density at radius 2 is 1.96 bits per heavy atom. The summed E-state index contributed by atoms with van der Waals surface area (Å²) in [4.78, 5) is 16.2. The van der Waals surface area contributed by atoms with Crippen molar-refractivity contribution in [3.63, 3.8) is 0 Å². The van der Waals surface area contributed by atoms with Crippen molar-refractivity contribution in [1.29, 1.82) is 0 Å². The van der Waals surface area contributed by atoms with Crippen LogP contribution in [-0.4, -0.2) is 16.8 Å². The van der Waals surface area contributed by atoms with E-state index in [9.17, 15) is 4.79 Å². The molecule has 3 heteroatoms. The molecule has 0 atom stereocenters. The summed E-state index contributed by atoms with van der Waals surface area (Å²) in [6, 6.07) is 13.5. The van der Waals surface area contributed by atoms with E-state index in [0.29, 0.717) is 24.3 Å². The Kier molecular flexibility index (Phi) is 5.72. The highest BCUT2D eigenvalue weighted by Gasteiger charge is 2.32. The molecule has 0 N–H and O–H groups in total. The number of rotatable bonds is 8. The first-order valence-corrected chi connectivity index (χ1v) is 9.92. The molecular formula is C21H27NOS. The molecule has 1 aromatic heterocycles. The van der Waals surface area contributed by atoms with Gasteiger partial charge in [0.25, 0.3) is 0 Å². The van der Waals surface area contributed by atoms with E-state index in [0.717, 1.165) is 19.4 Å². The lowest BCUT2D eigenvalue weighted by atomic mass is 10.0. The van der Waals surface area contributed by atoms with Gasteiger partial charge >= 0.3 is 0 Å². The Morgan fingerprint density at radius 1 is 1.21 bits per heavy atom. The van der Waals surface area contributed by atoms with Gasteiger partial charge in [0, 0.05) is 23.9 Å². The highest BCUT2D eigenvalue weighted by molar-refractivity contribution is 7.09. The number of nitrogens with zero attached hydrogens (tertiary/aromatic N) is 1. The number of amides is 1. The third-order valence-corrected chi connectivity index (χ3v) is 5.64. The monoisotopic (exact) mass is 341 g/mol. The molecule has 1 aliphatic carbocycles. The summed E-state index contributed by atoms with van der Waals surface area (Å²) in [5.41, 5.74) is 2.61. The van der Waals surface area contributed by atoms with Gasteiger partial charge in [-0.25, -0.2) is 0 Å². The van der Waals surface area contributed by atoms with E-state index in [-0.39, 0.29) is 0 Å². The lowest BCUT2D eigenvalue weighted by Gasteiger charge is -2.23. The lowest BCUT2D eigenvalue weighted by Crippen LogP contribution is -2.32. The fraction of sp³-hybridized carbons (Fsp3) is 0.476. The van der Waals surface area contributed by atoms with Crippen LogP contribution in [0.2, 0.25) is 0 Å². The van der Waals surface area contributed by atoms with Gasteiger partial charge in [-0.05, 0) is 54.2 Å². The molecule has 1 amide bonds. The zero-order valence-electron chi connectivity index (χ0n) is 14.7. The van der Waals surface area contributed by atoms with E-state index in [2.05, 4.69) is 60.5 Å². The smallest absolute Gasteiger partial charge is 0.223 e. The predicted octanol–water partition coefficient (Wildman–Crippen LogP) is 5.39.